The lowest BCUT2D eigenvalue weighted by Gasteiger charge is -2.05. The van der Waals surface area contributed by atoms with Crippen LogP contribution in [0.4, 0.5) is 4.79 Å². The van der Waals surface area contributed by atoms with Gasteiger partial charge in [-0.05, 0) is 12.8 Å². The van der Waals surface area contributed by atoms with Crippen molar-refractivity contribution in [2.75, 3.05) is 0 Å². The molecule has 0 atom stereocenters. The minimum absolute atomic E-state index is 0.161. The maximum atomic E-state index is 11.3. The Morgan fingerprint density at radius 3 is 1.44 bits per heavy atom. The number of carbonyl (C=O) groups is 3. The molecule has 0 aromatic heterocycles. The van der Waals surface area contributed by atoms with Gasteiger partial charge in [-0.1, -0.05) is 39.8 Å². The normalized spacial score (nSPS) is 9.44. The molecule has 0 spiro atoms. The summed E-state index contributed by atoms with van der Waals surface area (Å²) in [5.74, 6) is -1.76. The van der Waals surface area contributed by atoms with Crippen LogP contribution in [0.15, 0.2) is 24.3 Å². The second kappa shape index (κ2) is 8.22. The molecule has 18 heavy (non-hydrogen) atoms. The number of hydrogen-bond donors (Lipinski definition) is 0. The molecule has 5 heteroatoms. The van der Waals surface area contributed by atoms with E-state index in [2.05, 4.69) is 22.6 Å². The van der Waals surface area contributed by atoms with Gasteiger partial charge >= 0.3 is 18.1 Å². The number of ether oxygens (including phenoxy) is 2. The molecule has 0 saturated heterocycles. The van der Waals surface area contributed by atoms with Crippen molar-refractivity contribution < 1.29 is 23.9 Å². The first-order valence-corrected chi connectivity index (χ1v) is 5.76. The van der Waals surface area contributed by atoms with Gasteiger partial charge in [-0.3, -0.25) is 0 Å². The van der Waals surface area contributed by atoms with E-state index < -0.39 is 18.1 Å². The summed E-state index contributed by atoms with van der Waals surface area (Å²) in [6, 6.07) is 0. The third-order valence-corrected chi connectivity index (χ3v) is 2.03. The second-order valence-electron chi connectivity index (χ2n) is 3.74. The zero-order valence-electron chi connectivity index (χ0n) is 10.8. The molecule has 5 nitrogen and oxygen atoms in total. The maximum Gasteiger partial charge on any atom is 0.524 e. The van der Waals surface area contributed by atoms with Crippen LogP contribution in [0.3, 0.4) is 0 Å². The third-order valence-electron chi connectivity index (χ3n) is 2.03. The monoisotopic (exact) mass is 254 g/mol. The predicted molar refractivity (Wildman–Crippen MR) is 65.7 cm³/mol. The van der Waals surface area contributed by atoms with Crippen molar-refractivity contribution >= 4 is 18.1 Å². The topological polar surface area (TPSA) is 69.7 Å². The van der Waals surface area contributed by atoms with Crippen LogP contribution in [0, 0.1) is 0 Å². The molecule has 0 unspecified atom stereocenters. The summed E-state index contributed by atoms with van der Waals surface area (Å²) >= 11 is 0. The molecule has 0 aromatic carbocycles. The molecule has 0 aliphatic carbocycles. The zero-order chi connectivity index (χ0) is 14.1. The Labute approximate surface area is 106 Å². The summed E-state index contributed by atoms with van der Waals surface area (Å²) in [7, 11) is 0. The Kier molecular flexibility index (Phi) is 7.35. The van der Waals surface area contributed by atoms with Crippen LogP contribution in [0.5, 0.6) is 0 Å². The molecular formula is C13H18O5. The van der Waals surface area contributed by atoms with Crippen molar-refractivity contribution in [2.24, 2.45) is 0 Å². The molecule has 0 fully saturated rings. The zero-order valence-corrected chi connectivity index (χ0v) is 10.8. The Balaban J connectivity index is 4.19. The van der Waals surface area contributed by atoms with Gasteiger partial charge in [0.2, 0.25) is 0 Å². The van der Waals surface area contributed by atoms with Crippen LogP contribution in [-0.4, -0.2) is 18.1 Å². The summed E-state index contributed by atoms with van der Waals surface area (Å²) in [6.07, 6.45) is 0.898. The third kappa shape index (κ3) is 5.98. The van der Waals surface area contributed by atoms with E-state index >= 15 is 0 Å². The average molecular weight is 254 g/mol. The van der Waals surface area contributed by atoms with E-state index in [4.69, 9.17) is 0 Å². The molecule has 0 aliphatic rings. The molecule has 0 saturated carbocycles. The van der Waals surface area contributed by atoms with E-state index in [1.165, 1.54) is 0 Å². The molecule has 0 aromatic rings. The summed E-state index contributed by atoms with van der Waals surface area (Å²) in [6.45, 7) is 10.6. The molecule has 0 N–H and O–H groups in total. The van der Waals surface area contributed by atoms with Crippen molar-refractivity contribution in [3.8, 4) is 0 Å². The highest BCUT2D eigenvalue weighted by atomic mass is 16.8. The molecule has 0 aliphatic heterocycles. The molecule has 100 valence electrons. The summed E-state index contributed by atoms with van der Waals surface area (Å²) < 4.78 is 8.60. The quantitative estimate of drug-likeness (QED) is 0.414. The maximum absolute atomic E-state index is 11.3. The van der Waals surface area contributed by atoms with Crippen molar-refractivity contribution in [3.63, 3.8) is 0 Å². The lowest BCUT2D eigenvalue weighted by atomic mass is 10.2. The van der Waals surface area contributed by atoms with E-state index in [9.17, 15) is 14.4 Å². The van der Waals surface area contributed by atoms with E-state index in [1.54, 1.807) is 0 Å². The molecule has 0 radical (unpaired) electrons. The van der Waals surface area contributed by atoms with E-state index in [0.29, 0.717) is 25.7 Å². The van der Waals surface area contributed by atoms with Gasteiger partial charge in [0.05, 0.1) is 0 Å². The van der Waals surface area contributed by atoms with Gasteiger partial charge in [-0.25, -0.2) is 14.4 Å². The Morgan fingerprint density at radius 2 is 1.17 bits per heavy atom. The van der Waals surface area contributed by atoms with Crippen LogP contribution < -0.4 is 0 Å². The molecule has 0 rings (SSSR count). The highest BCUT2D eigenvalue weighted by Crippen LogP contribution is 2.07. The van der Waals surface area contributed by atoms with Crippen LogP contribution in [0.1, 0.15) is 39.5 Å². The fraction of sp³-hybridized carbons (Fsp3) is 0.462. The van der Waals surface area contributed by atoms with Gasteiger partial charge in [-0.2, -0.15) is 0 Å². The SMILES string of the molecule is C=C(CCC)C(=O)OC(=O)OC(=O)C(=C)CCC. The minimum Gasteiger partial charge on any atom is -0.356 e. The number of hydrogen-bond acceptors (Lipinski definition) is 5. The fourth-order valence-corrected chi connectivity index (χ4v) is 1.12. The van der Waals surface area contributed by atoms with E-state index in [-0.39, 0.29) is 11.1 Å². The number of rotatable bonds is 6. The first-order valence-electron chi connectivity index (χ1n) is 5.76. The fourth-order valence-electron chi connectivity index (χ4n) is 1.12. The van der Waals surface area contributed by atoms with Crippen LogP contribution in [-0.2, 0) is 19.1 Å². The van der Waals surface area contributed by atoms with Gasteiger partial charge in [0.1, 0.15) is 0 Å². The van der Waals surface area contributed by atoms with Crippen molar-refractivity contribution in [1.29, 1.82) is 0 Å². The van der Waals surface area contributed by atoms with Crippen molar-refractivity contribution in [3.05, 3.63) is 24.3 Å². The van der Waals surface area contributed by atoms with Crippen LogP contribution in [0.25, 0.3) is 0 Å². The molecule has 0 bridgehead atoms. The highest BCUT2D eigenvalue weighted by Gasteiger charge is 2.19. The molecular weight excluding hydrogens is 236 g/mol. The van der Waals surface area contributed by atoms with E-state index in [0.717, 1.165) is 0 Å². The van der Waals surface area contributed by atoms with Gasteiger partial charge < -0.3 is 9.47 Å². The van der Waals surface area contributed by atoms with Gasteiger partial charge in [-0.15, -0.1) is 0 Å². The first-order chi connectivity index (χ1) is 8.42. The summed E-state index contributed by atoms with van der Waals surface area (Å²) in [5.41, 5.74) is 0.323. The Morgan fingerprint density at radius 1 is 0.833 bits per heavy atom. The van der Waals surface area contributed by atoms with Crippen LogP contribution in [0.2, 0.25) is 0 Å². The number of carbonyl (C=O) groups excluding carboxylic acids is 3. The van der Waals surface area contributed by atoms with E-state index in [1.807, 2.05) is 13.8 Å². The number of esters is 2. The second-order valence-corrected chi connectivity index (χ2v) is 3.74. The summed E-state index contributed by atoms with van der Waals surface area (Å²) in [5, 5.41) is 0. The van der Waals surface area contributed by atoms with Gasteiger partial charge in [0.15, 0.2) is 0 Å². The summed E-state index contributed by atoms with van der Waals surface area (Å²) in [4.78, 5) is 33.6. The predicted octanol–water partition coefficient (Wildman–Crippen LogP) is 2.91. The lowest BCUT2D eigenvalue weighted by Crippen LogP contribution is -2.19. The largest absolute Gasteiger partial charge is 0.524 e. The van der Waals surface area contributed by atoms with Crippen LogP contribution >= 0.6 is 0 Å². The Bertz CT molecular complexity index is 334. The van der Waals surface area contributed by atoms with Gasteiger partial charge in [0.25, 0.3) is 0 Å². The Hall–Kier alpha value is -1.91. The highest BCUT2D eigenvalue weighted by molar-refractivity contribution is 5.99. The minimum atomic E-state index is -1.35. The van der Waals surface area contributed by atoms with Crippen molar-refractivity contribution in [1.82, 2.24) is 0 Å². The molecule has 0 amide bonds. The van der Waals surface area contributed by atoms with Gasteiger partial charge in [0, 0.05) is 11.1 Å². The smallest absolute Gasteiger partial charge is 0.356 e. The first kappa shape index (κ1) is 16.1. The average Bonchev–Trinajstić information content (AvgIpc) is 2.29. The molecule has 0 heterocycles. The standard InChI is InChI=1S/C13H18O5/c1-5-7-9(3)11(14)17-13(16)18-12(15)10(4)8-6-2/h3-8H2,1-2H3. The lowest BCUT2D eigenvalue weighted by molar-refractivity contribution is -0.141. The van der Waals surface area contributed by atoms with Crippen molar-refractivity contribution in [2.45, 2.75) is 39.5 Å².